The van der Waals surface area contributed by atoms with Gasteiger partial charge in [0.25, 0.3) is 0 Å². The smallest absolute Gasteiger partial charge is 0.410 e. The number of amides is 1. The zero-order chi connectivity index (χ0) is 33.8. The lowest BCUT2D eigenvalue weighted by molar-refractivity contribution is -0.143. The molecule has 0 radical (unpaired) electrons. The predicted octanol–water partition coefficient (Wildman–Crippen LogP) is 4.82. The van der Waals surface area contributed by atoms with Gasteiger partial charge in [-0.2, -0.15) is 4.39 Å². The van der Waals surface area contributed by atoms with Crippen LogP contribution in [-0.4, -0.2) is 101 Å². The molecule has 13 nitrogen and oxygen atoms in total. The molecule has 15 heteroatoms. The van der Waals surface area contributed by atoms with Gasteiger partial charge in [-0.25, -0.2) is 14.8 Å². The van der Waals surface area contributed by atoms with Gasteiger partial charge in [0.1, 0.15) is 39.1 Å². The molecule has 2 atom stereocenters. The van der Waals surface area contributed by atoms with Crippen molar-refractivity contribution >= 4 is 39.3 Å². The number of hydrogen-bond donors (Lipinski definition) is 1. The van der Waals surface area contributed by atoms with Crippen molar-refractivity contribution in [2.75, 3.05) is 52.9 Å². The number of carbonyl (C=O) groups is 2. The summed E-state index contributed by atoms with van der Waals surface area (Å²) in [6, 6.07) is 4.98. The van der Waals surface area contributed by atoms with E-state index in [-0.39, 0.29) is 37.5 Å². The Morgan fingerprint density at radius 1 is 1.22 bits per heavy atom. The molecule has 0 bridgehead atoms. The highest BCUT2D eigenvalue weighted by Crippen LogP contribution is 2.34. The molecule has 1 aromatic carbocycles. The van der Waals surface area contributed by atoms with Crippen molar-refractivity contribution in [3.05, 3.63) is 46.3 Å². The summed E-state index contributed by atoms with van der Waals surface area (Å²) >= 11 is 3.49. The molecular weight excluding hydrogens is 667 g/mol. The lowest BCUT2D eigenvalue weighted by Gasteiger charge is -2.42. The predicted molar refractivity (Wildman–Crippen MR) is 172 cm³/mol. The Hall–Kier alpha value is -3.69. The largest absolute Gasteiger partial charge is 0.497 e. The van der Waals surface area contributed by atoms with Crippen molar-refractivity contribution in [3.63, 3.8) is 0 Å². The number of rotatable bonds is 11. The fourth-order valence-electron chi connectivity index (χ4n) is 5.10. The standard InChI is InChI=1S/C31H42BrFN6O7/c1-18(2)37(16-25(40)44-8)14-20-17-45-23(15-38(20)30(41)46-31(3,4)5)29-36-27(32)26-28(35-13-24(33)39(26)29)34-12-19-9-10-21(42-6)11-22(19)43-7/h9-11,13,18,20,23H,12,14-17H2,1-8H3,(H,34,35)/t20-,23-/m1/s1. The fraction of sp³-hybridized carbons (Fsp3) is 0.548. The van der Waals surface area contributed by atoms with E-state index in [2.05, 4.69) is 31.2 Å². The minimum absolute atomic E-state index is 0.0186. The van der Waals surface area contributed by atoms with Gasteiger partial charge < -0.3 is 29.0 Å². The van der Waals surface area contributed by atoms with Crippen LogP contribution in [0.25, 0.3) is 5.52 Å². The molecule has 2 aromatic heterocycles. The number of benzene rings is 1. The number of esters is 1. The van der Waals surface area contributed by atoms with Gasteiger partial charge in [0, 0.05) is 30.8 Å². The Labute approximate surface area is 276 Å². The van der Waals surface area contributed by atoms with E-state index in [0.717, 1.165) is 11.8 Å². The molecule has 1 saturated heterocycles. The lowest BCUT2D eigenvalue weighted by atomic mass is 10.1. The van der Waals surface area contributed by atoms with E-state index >= 15 is 4.39 Å². The van der Waals surface area contributed by atoms with Crippen molar-refractivity contribution in [2.24, 2.45) is 0 Å². The highest BCUT2D eigenvalue weighted by Gasteiger charge is 2.39. The van der Waals surface area contributed by atoms with Gasteiger partial charge in [-0.3, -0.25) is 19.0 Å². The summed E-state index contributed by atoms with van der Waals surface area (Å²) in [5.74, 6) is 0.844. The van der Waals surface area contributed by atoms with E-state index in [4.69, 9.17) is 23.7 Å². The average molecular weight is 710 g/mol. The topological polar surface area (TPSA) is 129 Å². The van der Waals surface area contributed by atoms with Gasteiger partial charge in [0.05, 0.1) is 53.3 Å². The summed E-state index contributed by atoms with van der Waals surface area (Å²) < 4.78 is 44.8. The maximum absolute atomic E-state index is 15.5. The van der Waals surface area contributed by atoms with Gasteiger partial charge in [-0.15, -0.1) is 0 Å². The summed E-state index contributed by atoms with van der Waals surface area (Å²) in [4.78, 5) is 38.0. The van der Waals surface area contributed by atoms with Gasteiger partial charge >= 0.3 is 12.1 Å². The Morgan fingerprint density at radius 2 is 1.96 bits per heavy atom. The average Bonchev–Trinajstić information content (AvgIpc) is 3.37. The zero-order valence-electron chi connectivity index (χ0n) is 27.4. The molecule has 0 aliphatic carbocycles. The Kier molecular flexibility index (Phi) is 11.3. The monoisotopic (exact) mass is 708 g/mol. The normalized spacial score (nSPS) is 17.0. The summed E-state index contributed by atoms with van der Waals surface area (Å²) in [5.41, 5.74) is 0.439. The van der Waals surface area contributed by atoms with Crippen molar-refractivity contribution in [2.45, 2.75) is 65.0 Å². The Morgan fingerprint density at radius 3 is 2.59 bits per heavy atom. The molecule has 0 spiro atoms. The van der Waals surface area contributed by atoms with Crippen LogP contribution in [0.1, 0.15) is 52.1 Å². The molecule has 1 fully saturated rings. The van der Waals surface area contributed by atoms with Crippen LogP contribution in [0.5, 0.6) is 11.5 Å². The Balaban J connectivity index is 1.64. The molecule has 0 saturated carbocycles. The minimum Gasteiger partial charge on any atom is -0.497 e. The number of fused-ring (bicyclic) bond motifs is 1. The first-order valence-corrected chi connectivity index (χ1v) is 15.6. The number of anilines is 1. The molecule has 1 amide bonds. The van der Waals surface area contributed by atoms with Crippen molar-refractivity contribution in [3.8, 4) is 11.5 Å². The number of methoxy groups -OCH3 is 3. The summed E-state index contributed by atoms with van der Waals surface area (Å²) in [6.07, 6.45) is -0.254. The van der Waals surface area contributed by atoms with Gasteiger partial charge in [0.2, 0.25) is 5.95 Å². The fourth-order valence-corrected chi connectivity index (χ4v) is 5.64. The van der Waals surface area contributed by atoms with Crippen molar-refractivity contribution in [1.82, 2.24) is 24.2 Å². The highest BCUT2D eigenvalue weighted by atomic mass is 79.9. The van der Waals surface area contributed by atoms with E-state index in [0.29, 0.717) is 40.5 Å². The molecule has 1 N–H and O–H groups in total. The number of ether oxygens (including phenoxy) is 5. The van der Waals surface area contributed by atoms with Crippen LogP contribution in [-0.2, 0) is 25.5 Å². The van der Waals surface area contributed by atoms with Gasteiger partial charge in [-0.1, -0.05) is 0 Å². The van der Waals surface area contributed by atoms with E-state index in [1.807, 2.05) is 30.9 Å². The first-order chi connectivity index (χ1) is 21.8. The number of aromatic nitrogens is 3. The lowest BCUT2D eigenvalue weighted by Crippen LogP contribution is -2.56. The molecule has 1 aliphatic rings. The first kappa shape index (κ1) is 35.2. The summed E-state index contributed by atoms with van der Waals surface area (Å²) in [5, 5.41) is 3.25. The number of morpholine rings is 1. The van der Waals surface area contributed by atoms with Crippen LogP contribution in [0, 0.1) is 5.95 Å². The highest BCUT2D eigenvalue weighted by molar-refractivity contribution is 9.10. The SMILES string of the molecule is COC(=O)CN(C[C@@H]1CO[C@@H](c2nc(Br)c3c(NCc4ccc(OC)cc4OC)ncc(F)n23)CN1C(=O)OC(C)(C)C)C(C)C. The molecule has 3 heterocycles. The second kappa shape index (κ2) is 14.8. The molecule has 252 valence electrons. The quantitative estimate of drug-likeness (QED) is 0.275. The van der Waals surface area contributed by atoms with E-state index in [1.54, 1.807) is 46.0 Å². The second-order valence-electron chi connectivity index (χ2n) is 12.1. The number of halogens is 2. The third kappa shape index (κ3) is 8.17. The van der Waals surface area contributed by atoms with Crippen molar-refractivity contribution in [1.29, 1.82) is 0 Å². The van der Waals surface area contributed by atoms with Crippen molar-refractivity contribution < 1.29 is 37.7 Å². The van der Waals surface area contributed by atoms with Crippen LogP contribution in [0.2, 0.25) is 0 Å². The number of nitrogens with one attached hydrogen (secondary N) is 1. The van der Waals surface area contributed by atoms with Gasteiger partial charge in [-0.05, 0) is 62.7 Å². The number of nitrogens with zero attached hydrogens (tertiary/aromatic N) is 5. The van der Waals surface area contributed by atoms with Gasteiger partial charge in [0.15, 0.2) is 5.82 Å². The second-order valence-corrected chi connectivity index (χ2v) is 12.9. The zero-order valence-corrected chi connectivity index (χ0v) is 29.0. The van der Waals surface area contributed by atoms with Crippen LogP contribution < -0.4 is 14.8 Å². The van der Waals surface area contributed by atoms with E-state index in [1.165, 1.54) is 11.5 Å². The maximum atomic E-state index is 15.5. The Bertz CT molecular complexity index is 1550. The van der Waals surface area contributed by atoms with Crippen LogP contribution >= 0.6 is 15.9 Å². The van der Waals surface area contributed by atoms with Crippen LogP contribution in [0.15, 0.2) is 29.0 Å². The number of imidazole rings is 1. The molecule has 4 rings (SSSR count). The minimum atomic E-state index is -0.804. The maximum Gasteiger partial charge on any atom is 0.410 e. The first-order valence-electron chi connectivity index (χ1n) is 14.8. The number of carbonyl (C=O) groups excluding carboxylic acids is 2. The number of hydrogen-bond acceptors (Lipinski definition) is 11. The van der Waals surface area contributed by atoms with Crippen LogP contribution in [0.4, 0.5) is 15.0 Å². The molecule has 3 aromatic rings. The third-order valence-electron chi connectivity index (χ3n) is 7.48. The summed E-state index contributed by atoms with van der Waals surface area (Å²) in [7, 11) is 4.48. The van der Waals surface area contributed by atoms with E-state index in [9.17, 15) is 9.59 Å². The van der Waals surface area contributed by atoms with E-state index < -0.39 is 29.8 Å². The van der Waals surface area contributed by atoms with Crippen LogP contribution in [0.3, 0.4) is 0 Å². The molecule has 1 aliphatic heterocycles. The third-order valence-corrected chi connectivity index (χ3v) is 8.04. The summed E-state index contributed by atoms with van der Waals surface area (Å²) in [6.45, 7) is 10.1. The molecular formula is C31H42BrFN6O7. The molecule has 46 heavy (non-hydrogen) atoms. The molecule has 0 unspecified atom stereocenters.